The summed E-state index contributed by atoms with van der Waals surface area (Å²) in [5.41, 5.74) is 93.8. The molecule has 0 saturated heterocycles. The molecule has 0 saturated carbocycles. The molecule has 0 atom stereocenters. The van der Waals surface area contributed by atoms with Gasteiger partial charge in [-0.1, -0.05) is 97.1 Å². The predicted octanol–water partition coefficient (Wildman–Crippen LogP) is -0.0381. The molecule has 16 rings (SSSR count). The zero-order valence-electron chi connectivity index (χ0n) is 82.0. The second-order valence-electron chi connectivity index (χ2n) is 30.6. The van der Waals surface area contributed by atoms with Crippen molar-refractivity contribution in [1.29, 1.82) is 21.6 Å². The van der Waals surface area contributed by atoms with Crippen LogP contribution < -0.4 is 178 Å². The Bertz CT molecular complexity index is 6250. The highest BCUT2D eigenvalue weighted by atomic mass is 16.7. The zero-order chi connectivity index (χ0) is 106. The van der Waals surface area contributed by atoms with Crippen LogP contribution >= 0.6 is 0 Å². The summed E-state index contributed by atoms with van der Waals surface area (Å²) in [4.78, 5) is 56.3. The third kappa shape index (κ3) is 32.8. The Balaban J connectivity index is 0.000000186. The van der Waals surface area contributed by atoms with E-state index in [0.29, 0.717) is 116 Å². The lowest BCUT2D eigenvalue weighted by Crippen LogP contribution is -2.45. The molecule has 0 aliphatic carbocycles. The second kappa shape index (κ2) is 54.7. The molecule has 0 unspecified atom stereocenters. The van der Waals surface area contributed by atoms with Crippen LogP contribution in [0.4, 0.5) is 0 Å². The fourth-order valence-corrected chi connectivity index (χ4v) is 13.1. The quantitative estimate of drug-likeness (QED) is 0.0446. The van der Waals surface area contributed by atoms with Crippen LogP contribution in [0.3, 0.4) is 0 Å². The molecule has 8 aliphatic heterocycles. The van der Waals surface area contributed by atoms with Crippen LogP contribution in [0.1, 0.15) is 44.5 Å². The molecule has 0 radical (unpaired) electrons. The molecule has 0 bridgehead atoms. The topological polar surface area (TPSA) is 851 Å². The van der Waals surface area contributed by atoms with Crippen LogP contribution in [0.5, 0.6) is 92.0 Å². The smallest absolute Gasteiger partial charge is 0.231 e. The highest BCUT2D eigenvalue weighted by molar-refractivity contribution is 5.99. The third-order valence-electron chi connectivity index (χ3n) is 20.3. The van der Waals surface area contributed by atoms with E-state index in [9.17, 15) is 0 Å². The average molecular weight is 2020 g/mol. The molecule has 8 aromatic carbocycles. The van der Waals surface area contributed by atoms with E-state index in [-0.39, 0.29) is 132 Å². The number of guanidine groups is 16. The molecule has 146 heavy (non-hydrogen) atoms. The Morgan fingerprint density at radius 3 is 0.938 bits per heavy atom. The minimum Gasteiger partial charge on any atom is -0.454 e. The molecule has 0 aromatic heterocycles. The van der Waals surface area contributed by atoms with Crippen LogP contribution in [0.2, 0.25) is 0 Å². The van der Waals surface area contributed by atoms with Crippen LogP contribution in [-0.2, 0) is 52.4 Å². The number of nitrogens with zero attached hydrogens (tertiary/aromatic N) is 18. The Kier molecular flexibility index (Phi) is 41.3. The predicted molar refractivity (Wildman–Crippen MR) is 554 cm³/mol. The molecule has 56 heteroatoms. The maximum atomic E-state index is 7.94. The molecule has 0 amide bonds. The van der Waals surface area contributed by atoms with E-state index in [1.54, 1.807) is 71.1 Å². The van der Waals surface area contributed by atoms with E-state index in [1.807, 2.05) is 165 Å². The Morgan fingerprint density at radius 2 is 0.603 bits per heavy atom. The first-order valence-electron chi connectivity index (χ1n) is 43.7. The van der Waals surface area contributed by atoms with Crippen LogP contribution in [-0.4, -0.2) is 250 Å². The maximum absolute atomic E-state index is 7.94. The summed E-state index contributed by atoms with van der Waals surface area (Å²) in [5.74, 6) is 13.0. The van der Waals surface area contributed by atoms with Gasteiger partial charge in [0.15, 0.2) is 158 Å². The number of aliphatic imine (C=N–C) groups is 12. The number of benzene rings is 8. The minimum atomic E-state index is -0.172. The molecular formula is C90H124N40O16. The van der Waals surface area contributed by atoms with E-state index in [0.717, 1.165) is 90.5 Å². The zero-order valence-corrected chi connectivity index (χ0v) is 82.0. The van der Waals surface area contributed by atoms with Crippen LogP contribution in [0.25, 0.3) is 0 Å². The summed E-state index contributed by atoms with van der Waals surface area (Å²) in [7, 11) is 16.7. The molecule has 8 aliphatic rings. The van der Waals surface area contributed by atoms with Crippen LogP contribution in [0.15, 0.2) is 206 Å². The lowest BCUT2D eigenvalue weighted by atomic mass is 10.2. The van der Waals surface area contributed by atoms with Crippen molar-refractivity contribution in [2.75, 3.05) is 125 Å². The summed E-state index contributed by atoms with van der Waals surface area (Å²) in [6.07, 6.45) is 0. The molecule has 780 valence electrons. The molecule has 8 aromatic rings. The van der Waals surface area contributed by atoms with E-state index >= 15 is 0 Å². The van der Waals surface area contributed by atoms with E-state index < -0.39 is 0 Å². The average Bonchev–Trinajstić information content (AvgIpc) is 1.67. The van der Waals surface area contributed by atoms with Gasteiger partial charge in [-0.05, 0) is 48.5 Å². The van der Waals surface area contributed by atoms with Gasteiger partial charge in [0.2, 0.25) is 84.1 Å². The van der Waals surface area contributed by atoms with Crippen molar-refractivity contribution in [1.82, 2.24) is 40.0 Å². The lowest BCUT2D eigenvalue weighted by Gasteiger charge is -2.26. The summed E-state index contributed by atoms with van der Waals surface area (Å²) >= 11 is 0. The monoisotopic (exact) mass is 2020 g/mol. The number of hydrogen-bond acceptors (Lipinski definition) is 27. The number of para-hydroxylation sites is 8. The fraction of sp³-hybridized carbons (Fsp3) is 0.289. The summed E-state index contributed by atoms with van der Waals surface area (Å²) in [6, 6.07) is 45.2. The largest absolute Gasteiger partial charge is 0.454 e. The van der Waals surface area contributed by atoms with E-state index in [1.165, 1.54) is 9.80 Å². The Morgan fingerprint density at radius 1 is 0.288 bits per heavy atom. The Labute approximate surface area is 840 Å². The molecule has 56 nitrogen and oxygen atoms in total. The Hall–Kier alpha value is -19.5. The number of ether oxygens (including phenoxy) is 16. The first-order valence-corrected chi connectivity index (χ1v) is 43.7. The minimum absolute atomic E-state index is 0.00785. The van der Waals surface area contributed by atoms with Crippen molar-refractivity contribution >= 4 is 95.4 Å². The summed E-state index contributed by atoms with van der Waals surface area (Å²) < 4.78 is 85.4. The summed E-state index contributed by atoms with van der Waals surface area (Å²) in [5, 5.41) is 35.8. The lowest BCUT2D eigenvalue weighted by molar-refractivity contribution is 0.172. The van der Waals surface area contributed by atoms with Gasteiger partial charge in [-0.3, -0.25) is 56.7 Å². The van der Waals surface area contributed by atoms with E-state index in [2.05, 4.69) is 70.5 Å². The fourth-order valence-electron chi connectivity index (χ4n) is 13.1. The van der Waals surface area contributed by atoms with Gasteiger partial charge in [0.25, 0.3) is 0 Å². The van der Waals surface area contributed by atoms with Crippen LogP contribution in [0, 0.1) is 21.6 Å². The van der Waals surface area contributed by atoms with Crippen molar-refractivity contribution in [2.45, 2.75) is 52.4 Å². The number of rotatable bonds is 16. The van der Waals surface area contributed by atoms with Gasteiger partial charge >= 0.3 is 0 Å². The van der Waals surface area contributed by atoms with Gasteiger partial charge in [-0.15, -0.1) is 0 Å². The third-order valence-corrected chi connectivity index (χ3v) is 20.3. The molecule has 38 N–H and O–H groups in total. The number of fused-ring (bicyclic) bond motifs is 8. The number of hydrogen-bond donors (Lipinski definition) is 22. The van der Waals surface area contributed by atoms with E-state index in [4.69, 9.17) is 189 Å². The van der Waals surface area contributed by atoms with Gasteiger partial charge in [-0.2, -0.15) is 25.0 Å². The number of nitrogens with two attached hydrogens (primary N) is 16. The number of nitrogens with one attached hydrogen (secondary N) is 6. The van der Waals surface area contributed by atoms with Crippen molar-refractivity contribution in [2.24, 2.45) is 152 Å². The van der Waals surface area contributed by atoms with Crippen molar-refractivity contribution in [3.05, 3.63) is 190 Å². The SMILES string of the molecule is CN(C(=N)N)C(N)=NCc1cccc2c1OCO2.CN(Cc1cccc2c1OCO2)C(=N)N(C)C(=N)N.CN(Cc1cccc2c1OCO2)C(=N)N=C(N)N.CN=C(N)N=C(N)N(C)Cc1cccc2c1OCO2.CN=C(N)NC(N)=NCc1cccc2c1OCO2.CN=C(N=C(N)N)N(C)Cc1cccc2c1OCO2.CN=C(N=C(N)N)NCc1cccc2c1OCO2.NC(N)=NC(N)=NCc1cccc2c1OCO2. The standard InChI is InChI=1S/3C12H17N5O2.4C11H15N5O2.C10H13N5O2/c1-15-11(13)16-12(14)17(2)6-8-4-3-5-9-10(8)19-7-18-9;1-16(12(15)17(2)11(13)14)6-8-4-3-5-9-10(8)19-7-18-9;1-15-12(16-11(13)14)17(2)6-8-4-3-5-9-10(8)19-7-18-9;1-14-10(12)16-11(13)15-5-7-3-2-4-8-9(7)18-6-17-8;1-16(11(14)15-10(12)13)5-7-3-2-4-8-9(7)18-6-17-8;1-16(10(12)13)11(14)15-5-7-3-2-4-8-9(7)18-6-17-8;1-14-11(16-10(12)13)15-5-7-3-2-4-8-9(7)18-6-17-8;11-9(12)15-10(13)14-4-6-2-1-3-7-8(6)17-5-16-7/h3-5H,6-7H2,1-2H3,(H4,13,14,15,16);3-5,15H,6-7H2,1-2H3,(H3,13,14);3-5H,6-7H2,1-2H3,(H4,13,14,15,16);2-4H,5-6H2,1H3,(H5,12,13,14,15,16);2-4H,5-6H2,1H3,(H5,12,13,14,15);2-4H,5-6H2,1H3,(H3,12,13)(H2,14,15);2-4H,5-6H2,1H3,(H5,12,13,14,15,16);1-3H,4-5H2,(H6,11,12,13,14,15). The van der Waals surface area contributed by atoms with Gasteiger partial charge in [-0.25, -0.2) is 15.0 Å². The normalized spacial score (nSPS) is 13.4. The molecule has 0 fully saturated rings. The van der Waals surface area contributed by atoms with Gasteiger partial charge in [0.05, 0.1) is 19.6 Å². The molecule has 0 spiro atoms. The first-order chi connectivity index (χ1) is 70.0. The highest BCUT2D eigenvalue weighted by Crippen LogP contribution is 2.43. The highest BCUT2D eigenvalue weighted by Gasteiger charge is 2.27. The second-order valence-corrected chi connectivity index (χ2v) is 30.6. The summed E-state index contributed by atoms with van der Waals surface area (Å²) in [6.45, 7) is 5.45. The van der Waals surface area contributed by atoms with Crippen molar-refractivity contribution in [3.63, 3.8) is 0 Å². The first kappa shape index (κ1) is 110. The molecule has 8 heterocycles. The van der Waals surface area contributed by atoms with Gasteiger partial charge < -0.3 is 192 Å². The molecular weight excluding hydrogens is 1900 g/mol. The van der Waals surface area contributed by atoms with Crippen molar-refractivity contribution in [3.8, 4) is 92.0 Å². The maximum Gasteiger partial charge on any atom is 0.231 e. The van der Waals surface area contributed by atoms with Gasteiger partial charge in [0.1, 0.15) is 0 Å². The van der Waals surface area contributed by atoms with Gasteiger partial charge in [0, 0.05) is 148 Å². The van der Waals surface area contributed by atoms with Crippen molar-refractivity contribution < 1.29 is 75.8 Å².